The molecule has 2 aliphatic heterocycles. The number of rotatable bonds is 4. The largest absolute Gasteiger partial charge is 0.584 e. The molecule has 0 radical (unpaired) electrons. The summed E-state index contributed by atoms with van der Waals surface area (Å²) in [5.74, 6) is 0. The fourth-order valence-electron chi connectivity index (χ4n) is 1.19. The van der Waals surface area contributed by atoms with Crippen molar-refractivity contribution in [1.82, 2.24) is 14.7 Å². The van der Waals surface area contributed by atoms with Gasteiger partial charge in [0.1, 0.15) is 0 Å². The lowest BCUT2D eigenvalue weighted by atomic mass is 11.0. The number of hydrazine groups is 1. The van der Waals surface area contributed by atoms with Crippen LogP contribution in [0.25, 0.3) is 0 Å². The second-order valence-corrected chi connectivity index (χ2v) is 5.59. The van der Waals surface area contributed by atoms with Crippen LogP contribution in [0.5, 0.6) is 0 Å². The van der Waals surface area contributed by atoms with Gasteiger partial charge < -0.3 is 0 Å². The molecule has 0 aromatic carbocycles. The van der Waals surface area contributed by atoms with E-state index < -0.39 is 8.10 Å². The molecule has 1 unspecified atom stereocenters. The molecule has 0 bridgehead atoms. The minimum atomic E-state index is -1.43. The number of hydrogen-bond donors (Lipinski definition) is 0. The summed E-state index contributed by atoms with van der Waals surface area (Å²) in [5, 5.41) is 4.82. The van der Waals surface area contributed by atoms with Crippen molar-refractivity contribution < 1.29 is 4.57 Å². The lowest BCUT2D eigenvalue weighted by Crippen LogP contribution is -2.23. The maximum atomic E-state index is 12.0. The normalized spacial score (nSPS) is 22.1. The van der Waals surface area contributed by atoms with Gasteiger partial charge in [-0.2, -0.15) is 5.01 Å². The Hall–Kier alpha value is -0.550. The Bertz CT molecular complexity index is 349. The van der Waals surface area contributed by atoms with Crippen LogP contribution in [-0.2, 0) is 4.57 Å². The van der Waals surface area contributed by atoms with E-state index >= 15 is 0 Å². The van der Waals surface area contributed by atoms with Gasteiger partial charge in [0.15, 0.2) is 0 Å². The molecule has 1 aromatic rings. The molecule has 14 heavy (non-hydrogen) atoms. The smallest absolute Gasteiger partial charge is 0.224 e. The van der Waals surface area contributed by atoms with Crippen LogP contribution in [0.15, 0.2) is 11.6 Å². The third kappa shape index (κ3) is 1.54. The minimum Gasteiger partial charge on any atom is -0.224 e. The molecule has 2 saturated heterocycles. The summed E-state index contributed by atoms with van der Waals surface area (Å²) in [6, 6.07) is 0. The number of nitrogens with zero attached hydrogens (tertiary/aromatic N) is 4. The quantitative estimate of drug-likeness (QED) is 0.572. The molecular formula is C7H10N4OPS+. The van der Waals surface area contributed by atoms with Crippen molar-refractivity contribution in [2.75, 3.05) is 31.0 Å². The van der Waals surface area contributed by atoms with E-state index in [0.29, 0.717) is 0 Å². The molecule has 1 aromatic heterocycles. The molecule has 0 spiro atoms. The van der Waals surface area contributed by atoms with Crippen LogP contribution in [0.4, 0.5) is 5.13 Å². The van der Waals surface area contributed by atoms with Crippen LogP contribution in [0.3, 0.4) is 0 Å². The molecule has 1 atom stereocenters. The molecule has 0 aliphatic carbocycles. The fourth-order valence-corrected chi connectivity index (χ4v) is 3.38. The molecule has 3 rings (SSSR count). The van der Waals surface area contributed by atoms with Crippen molar-refractivity contribution in [3.05, 3.63) is 11.6 Å². The van der Waals surface area contributed by atoms with Crippen molar-refractivity contribution in [1.29, 1.82) is 0 Å². The highest BCUT2D eigenvalue weighted by Crippen LogP contribution is 2.44. The van der Waals surface area contributed by atoms with Crippen molar-refractivity contribution in [2.24, 2.45) is 0 Å². The maximum absolute atomic E-state index is 12.0. The monoisotopic (exact) mass is 229 g/mol. The van der Waals surface area contributed by atoms with E-state index in [-0.39, 0.29) is 0 Å². The highest BCUT2D eigenvalue weighted by molar-refractivity contribution is 7.45. The second-order valence-electron chi connectivity index (χ2n) is 3.26. The average Bonchev–Trinajstić information content (AvgIpc) is 3.06. The molecule has 2 fully saturated rings. The van der Waals surface area contributed by atoms with Crippen LogP contribution in [0.1, 0.15) is 0 Å². The molecular weight excluding hydrogens is 219 g/mol. The van der Waals surface area contributed by atoms with Crippen LogP contribution >= 0.6 is 19.4 Å². The molecule has 2 aliphatic rings. The summed E-state index contributed by atoms with van der Waals surface area (Å²) in [6.07, 6.45) is 1.75. The predicted molar refractivity (Wildman–Crippen MR) is 55.3 cm³/mol. The Morgan fingerprint density at radius 3 is 2.71 bits per heavy atom. The first-order valence-electron chi connectivity index (χ1n) is 4.53. The van der Waals surface area contributed by atoms with Crippen LogP contribution < -0.4 is 4.78 Å². The van der Waals surface area contributed by atoms with Gasteiger partial charge in [0.2, 0.25) is 5.13 Å². The molecule has 7 heteroatoms. The zero-order valence-corrected chi connectivity index (χ0v) is 9.25. The van der Waals surface area contributed by atoms with Crippen molar-refractivity contribution in [3.8, 4) is 0 Å². The number of aromatic nitrogens is 1. The van der Waals surface area contributed by atoms with E-state index in [0.717, 1.165) is 31.3 Å². The first kappa shape index (κ1) is 8.73. The van der Waals surface area contributed by atoms with Crippen LogP contribution in [0, 0.1) is 0 Å². The Labute approximate surface area is 86.8 Å². The first-order chi connectivity index (χ1) is 6.86. The third-order valence-electron chi connectivity index (χ3n) is 2.11. The van der Waals surface area contributed by atoms with Crippen molar-refractivity contribution in [3.63, 3.8) is 0 Å². The van der Waals surface area contributed by atoms with E-state index in [1.165, 1.54) is 11.3 Å². The van der Waals surface area contributed by atoms with Gasteiger partial charge in [-0.25, -0.2) is 4.98 Å². The van der Waals surface area contributed by atoms with Gasteiger partial charge in [-0.15, -0.1) is 11.3 Å². The highest BCUT2D eigenvalue weighted by Gasteiger charge is 2.50. The SMILES string of the molecule is O=[P+](N1CC1)N(c1nccs1)N1CC1. The summed E-state index contributed by atoms with van der Waals surface area (Å²) in [5.41, 5.74) is 0. The molecule has 0 N–H and O–H groups in total. The number of hydrogen-bond acceptors (Lipinski definition) is 4. The summed E-state index contributed by atoms with van der Waals surface area (Å²) in [4.78, 5) is 4.20. The van der Waals surface area contributed by atoms with E-state index in [1.54, 1.807) is 6.20 Å². The summed E-state index contributed by atoms with van der Waals surface area (Å²) in [7, 11) is -1.43. The van der Waals surface area contributed by atoms with E-state index in [4.69, 9.17) is 0 Å². The predicted octanol–water partition coefficient (Wildman–Crippen LogP) is 1.15. The van der Waals surface area contributed by atoms with E-state index in [9.17, 15) is 4.57 Å². The average molecular weight is 229 g/mol. The van der Waals surface area contributed by atoms with Gasteiger partial charge in [0.05, 0.1) is 13.1 Å². The van der Waals surface area contributed by atoms with Gasteiger partial charge in [-0.3, -0.25) is 0 Å². The Morgan fingerprint density at radius 1 is 1.43 bits per heavy atom. The lowest BCUT2D eigenvalue weighted by Gasteiger charge is -2.08. The molecule has 5 nitrogen and oxygen atoms in total. The molecule has 0 saturated carbocycles. The summed E-state index contributed by atoms with van der Waals surface area (Å²) >= 11 is 1.54. The standard InChI is InChI=1S/C7H10N4OPS/c12-13(10-4-5-10)11(9-2-3-9)7-8-1-6-14-7/h1,6H,2-5H2/q+1. The van der Waals surface area contributed by atoms with Crippen LogP contribution in [-0.4, -0.2) is 40.8 Å². The fraction of sp³-hybridized carbons (Fsp3) is 0.571. The van der Waals surface area contributed by atoms with Crippen molar-refractivity contribution >= 4 is 24.6 Å². The summed E-state index contributed by atoms with van der Waals surface area (Å²) in [6.45, 7) is 3.89. The molecule has 74 valence electrons. The maximum Gasteiger partial charge on any atom is 0.584 e. The number of thiazole rings is 1. The Kier molecular flexibility index (Phi) is 2.02. The van der Waals surface area contributed by atoms with E-state index in [2.05, 4.69) is 9.99 Å². The van der Waals surface area contributed by atoms with Crippen LogP contribution in [0.2, 0.25) is 0 Å². The zero-order valence-electron chi connectivity index (χ0n) is 7.54. The second kappa shape index (κ2) is 3.24. The zero-order chi connectivity index (χ0) is 9.54. The Balaban J connectivity index is 1.85. The van der Waals surface area contributed by atoms with Gasteiger partial charge in [0.25, 0.3) is 0 Å². The van der Waals surface area contributed by atoms with Gasteiger partial charge in [0, 0.05) is 24.7 Å². The minimum absolute atomic E-state index is 0.843. The molecule has 3 heterocycles. The lowest BCUT2D eigenvalue weighted by molar-refractivity contribution is 0.524. The summed E-state index contributed by atoms with van der Waals surface area (Å²) < 4.78 is 15.8. The van der Waals surface area contributed by atoms with Gasteiger partial charge in [-0.05, 0) is 9.34 Å². The molecule has 0 amide bonds. The highest BCUT2D eigenvalue weighted by atomic mass is 32.1. The van der Waals surface area contributed by atoms with Crippen molar-refractivity contribution in [2.45, 2.75) is 0 Å². The van der Waals surface area contributed by atoms with Gasteiger partial charge >= 0.3 is 8.10 Å². The first-order valence-corrected chi connectivity index (χ1v) is 6.57. The van der Waals surface area contributed by atoms with E-state index in [1.807, 2.05) is 14.8 Å². The topological polar surface area (TPSA) is 39.2 Å². The third-order valence-corrected chi connectivity index (χ3v) is 4.64. The van der Waals surface area contributed by atoms with Gasteiger partial charge in [-0.1, -0.05) is 4.67 Å². The Morgan fingerprint density at radius 2 is 2.21 bits per heavy atom. The number of anilines is 1.